The number of fused-ring (bicyclic) bond motifs is 1. The number of hydrogen-bond donors (Lipinski definition) is 1. The van der Waals surface area contributed by atoms with Gasteiger partial charge in [0.15, 0.2) is 0 Å². The zero-order valence-electron chi connectivity index (χ0n) is 14.7. The van der Waals surface area contributed by atoms with Crippen molar-refractivity contribution in [1.82, 2.24) is 4.90 Å². The minimum atomic E-state index is -0.316. The van der Waals surface area contributed by atoms with Crippen LogP contribution in [-0.4, -0.2) is 35.7 Å². The molecule has 0 saturated heterocycles. The molecule has 0 radical (unpaired) electrons. The Balaban J connectivity index is 0.000000168. The smallest absolute Gasteiger partial charge is 0.127 e. The van der Waals surface area contributed by atoms with E-state index in [4.69, 9.17) is 0 Å². The molecule has 4 rings (SSSR count). The topological polar surface area (TPSA) is 35.8 Å². The molecule has 2 aliphatic carbocycles. The molecular weight excluding hydrogens is 320 g/mol. The van der Waals surface area contributed by atoms with Gasteiger partial charge >= 0.3 is 0 Å². The summed E-state index contributed by atoms with van der Waals surface area (Å²) in [5, 5.41) is 9.51. The van der Waals surface area contributed by atoms with Crippen LogP contribution in [0.2, 0.25) is 0 Å². The Hall–Kier alpha value is -1.06. The van der Waals surface area contributed by atoms with Gasteiger partial charge in [0, 0.05) is 13.1 Å². The third-order valence-electron chi connectivity index (χ3n) is 5.87. The lowest BCUT2D eigenvalue weighted by atomic mass is 9.45. The molecule has 0 amide bonds. The van der Waals surface area contributed by atoms with Crippen molar-refractivity contribution in [3.8, 4) is 0 Å². The Labute approximate surface area is 152 Å². The maximum absolute atomic E-state index is 9.51. The van der Waals surface area contributed by atoms with E-state index in [-0.39, 0.29) is 18.6 Å². The highest BCUT2D eigenvalue weighted by Gasteiger charge is 2.54. The van der Waals surface area contributed by atoms with Gasteiger partial charge < -0.3 is 10.0 Å². The van der Waals surface area contributed by atoms with E-state index in [9.17, 15) is 5.11 Å². The molecule has 4 heteroatoms. The molecule has 1 aromatic rings. The van der Waals surface area contributed by atoms with Crippen molar-refractivity contribution >= 4 is 18.7 Å². The minimum absolute atomic E-state index is 0. The quantitative estimate of drug-likeness (QED) is 0.874. The van der Waals surface area contributed by atoms with Crippen molar-refractivity contribution in [2.75, 3.05) is 13.1 Å². The first kappa shape index (κ1) is 19.3. The molecule has 0 aromatic heterocycles. The van der Waals surface area contributed by atoms with Crippen molar-refractivity contribution in [1.29, 1.82) is 0 Å². The van der Waals surface area contributed by atoms with Gasteiger partial charge in [0.05, 0.1) is 6.34 Å². The Morgan fingerprint density at radius 2 is 1.96 bits per heavy atom. The normalized spacial score (nSPS) is 28.2. The molecule has 24 heavy (non-hydrogen) atoms. The van der Waals surface area contributed by atoms with E-state index < -0.39 is 0 Å². The zero-order chi connectivity index (χ0) is 16.1. The first-order valence-electron chi connectivity index (χ1n) is 9.25. The van der Waals surface area contributed by atoms with Crippen LogP contribution in [0.5, 0.6) is 0 Å². The second-order valence-electron chi connectivity index (χ2n) is 7.18. The van der Waals surface area contributed by atoms with Gasteiger partial charge in [-0.2, -0.15) is 0 Å². The molecule has 1 aromatic carbocycles. The molecule has 2 saturated carbocycles. The number of hydrogen-bond acceptors (Lipinski definition) is 3. The molecule has 1 atom stereocenters. The van der Waals surface area contributed by atoms with Crippen LogP contribution in [0.15, 0.2) is 35.3 Å². The van der Waals surface area contributed by atoms with E-state index in [2.05, 4.69) is 42.2 Å². The number of aliphatic hydroxyl groups is 1. The van der Waals surface area contributed by atoms with Crippen LogP contribution in [0, 0.1) is 5.92 Å². The van der Waals surface area contributed by atoms with Gasteiger partial charge in [0.1, 0.15) is 6.23 Å². The number of halogens is 1. The summed E-state index contributed by atoms with van der Waals surface area (Å²) < 4.78 is 0. The second kappa shape index (κ2) is 8.87. The minimum Gasteiger partial charge on any atom is -0.374 e. The number of benzene rings is 1. The molecule has 1 heterocycles. The third kappa shape index (κ3) is 3.94. The van der Waals surface area contributed by atoms with Crippen LogP contribution in [0.3, 0.4) is 0 Å². The zero-order valence-corrected chi connectivity index (χ0v) is 15.5. The average molecular weight is 351 g/mol. The summed E-state index contributed by atoms with van der Waals surface area (Å²) in [6.07, 6.45) is 10.2. The maximum atomic E-state index is 9.51. The molecule has 0 spiro atoms. The van der Waals surface area contributed by atoms with E-state index in [1.54, 1.807) is 11.9 Å². The Morgan fingerprint density at radius 1 is 1.25 bits per heavy atom. The van der Waals surface area contributed by atoms with Gasteiger partial charge in [-0.1, -0.05) is 43.7 Å². The predicted octanol–water partition coefficient (Wildman–Crippen LogP) is 4.39. The Bertz CT molecular complexity index is 512. The molecular formula is C20H31ClN2O. The highest BCUT2D eigenvalue weighted by molar-refractivity contribution is 5.85. The Morgan fingerprint density at radius 3 is 2.42 bits per heavy atom. The van der Waals surface area contributed by atoms with Gasteiger partial charge in [-0.15, -0.1) is 12.4 Å². The van der Waals surface area contributed by atoms with Crippen molar-refractivity contribution in [2.45, 2.75) is 63.5 Å². The molecule has 1 N–H and O–H groups in total. The van der Waals surface area contributed by atoms with Crippen molar-refractivity contribution in [3.63, 3.8) is 0 Å². The molecule has 1 aliphatic heterocycles. The summed E-state index contributed by atoms with van der Waals surface area (Å²) in [5.41, 5.74) is 2.26. The third-order valence-corrected chi connectivity index (χ3v) is 5.87. The SMILES string of the molecule is CCCC(O)N1C=NCCC1.Cl.c1ccc(C23CCC2CC3)cc1. The molecule has 3 aliphatic rings. The fourth-order valence-electron chi connectivity index (χ4n) is 4.17. The number of nitrogens with zero attached hydrogens (tertiary/aromatic N) is 2. The van der Waals surface area contributed by atoms with E-state index in [1.807, 2.05) is 4.90 Å². The lowest BCUT2D eigenvalue weighted by Crippen LogP contribution is -2.52. The predicted molar refractivity (Wildman–Crippen MR) is 103 cm³/mol. The number of aliphatic imine (C=N–C) groups is 1. The first-order chi connectivity index (χ1) is 11.3. The van der Waals surface area contributed by atoms with Crippen LogP contribution >= 0.6 is 12.4 Å². The van der Waals surface area contributed by atoms with Gasteiger partial charge in [-0.05, 0) is 55.4 Å². The monoisotopic (exact) mass is 350 g/mol. The summed E-state index contributed by atoms with van der Waals surface area (Å²) in [4.78, 5) is 6.01. The van der Waals surface area contributed by atoms with Crippen molar-refractivity contribution in [3.05, 3.63) is 35.9 Å². The van der Waals surface area contributed by atoms with Gasteiger partial charge in [-0.25, -0.2) is 0 Å². The van der Waals surface area contributed by atoms with E-state index in [1.165, 1.54) is 25.7 Å². The van der Waals surface area contributed by atoms with E-state index >= 15 is 0 Å². The van der Waals surface area contributed by atoms with Crippen LogP contribution in [0.1, 0.15) is 57.4 Å². The van der Waals surface area contributed by atoms with Crippen LogP contribution in [-0.2, 0) is 5.41 Å². The summed E-state index contributed by atoms with van der Waals surface area (Å²) in [6, 6.07) is 11.1. The summed E-state index contributed by atoms with van der Waals surface area (Å²) >= 11 is 0. The van der Waals surface area contributed by atoms with E-state index in [0.717, 1.165) is 38.3 Å². The first-order valence-corrected chi connectivity index (χ1v) is 9.25. The average Bonchev–Trinajstić information content (AvgIpc) is 2.60. The van der Waals surface area contributed by atoms with E-state index in [0.29, 0.717) is 5.41 Å². The highest BCUT2D eigenvalue weighted by atomic mass is 35.5. The maximum Gasteiger partial charge on any atom is 0.127 e. The van der Waals surface area contributed by atoms with Gasteiger partial charge in [0.2, 0.25) is 0 Å². The fourth-order valence-corrected chi connectivity index (χ4v) is 4.17. The molecule has 0 bridgehead atoms. The van der Waals surface area contributed by atoms with Gasteiger partial charge in [-0.3, -0.25) is 4.99 Å². The molecule has 134 valence electrons. The number of rotatable bonds is 4. The van der Waals surface area contributed by atoms with Gasteiger partial charge in [0.25, 0.3) is 0 Å². The van der Waals surface area contributed by atoms with Crippen molar-refractivity contribution in [2.24, 2.45) is 10.9 Å². The molecule has 2 fully saturated rings. The standard InChI is InChI=1S/C12H14.C8H16N2O.ClH/c1-2-4-10(5-3-1)12-8-6-11(12)7-9-12;1-2-4-8(11)10-6-3-5-9-7-10;/h1-5,11H,6-9H2;7-8,11H,2-6H2,1H3;1H. The molecule has 3 nitrogen and oxygen atoms in total. The largest absolute Gasteiger partial charge is 0.374 e. The van der Waals surface area contributed by atoms with Crippen molar-refractivity contribution < 1.29 is 5.11 Å². The lowest BCUT2D eigenvalue weighted by Gasteiger charge is -2.59. The summed E-state index contributed by atoms with van der Waals surface area (Å²) in [5.74, 6) is 1.04. The van der Waals surface area contributed by atoms with Crippen LogP contribution in [0.25, 0.3) is 0 Å². The molecule has 1 unspecified atom stereocenters. The fraction of sp³-hybridized carbons (Fsp3) is 0.650. The highest BCUT2D eigenvalue weighted by Crippen LogP contribution is 2.61. The second-order valence-corrected chi connectivity index (χ2v) is 7.18. The summed E-state index contributed by atoms with van der Waals surface area (Å²) in [6.45, 7) is 3.93. The number of aliphatic hydroxyl groups excluding tert-OH is 1. The lowest BCUT2D eigenvalue weighted by molar-refractivity contribution is 0.00597. The van der Waals surface area contributed by atoms with Crippen LogP contribution in [0.4, 0.5) is 0 Å². The summed E-state index contributed by atoms with van der Waals surface area (Å²) in [7, 11) is 0. The Kier molecular flexibility index (Phi) is 7.12. The van der Waals surface area contributed by atoms with Crippen LogP contribution < -0.4 is 0 Å².